The molecule has 0 bridgehead atoms. The fourth-order valence-electron chi connectivity index (χ4n) is 1.98. The van der Waals surface area contributed by atoms with Gasteiger partial charge in [0.05, 0.1) is 0 Å². The minimum atomic E-state index is -0.424. The summed E-state index contributed by atoms with van der Waals surface area (Å²) in [5.41, 5.74) is 0.885. The zero-order chi connectivity index (χ0) is 16.7. The molecule has 5 heteroatoms. The Balaban J connectivity index is 2.15. The minimum Gasteiger partial charge on any atom is -0.396 e. The van der Waals surface area contributed by atoms with Crippen molar-refractivity contribution in [2.75, 3.05) is 13.2 Å². The van der Waals surface area contributed by atoms with E-state index in [0.29, 0.717) is 6.54 Å². The number of thioether (sulfide) groups is 1. The van der Waals surface area contributed by atoms with Crippen molar-refractivity contribution in [3.05, 3.63) is 66.0 Å². The maximum absolute atomic E-state index is 13.0. The first-order chi connectivity index (χ1) is 11.1. The molecule has 3 nitrogen and oxygen atoms in total. The molecule has 1 amide bonds. The van der Waals surface area contributed by atoms with Crippen LogP contribution in [0.4, 0.5) is 4.39 Å². The summed E-state index contributed by atoms with van der Waals surface area (Å²) in [6.07, 6.45) is 0. The molecule has 2 rings (SSSR count). The number of rotatable bonds is 7. The third kappa shape index (κ3) is 5.37. The molecule has 2 unspecified atom stereocenters. The summed E-state index contributed by atoms with van der Waals surface area (Å²) in [6.45, 7) is 2.31. The number of hydrogen-bond donors (Lipinski definition) is 2. The molecule has 0 aromatic heterocycles. The average Bonchev–Trinajstić information content (AvgIpc) is 2.59. The Morgan fingerprint density at radius 2 is 1.83 bits per heavy atom. The standard InChI is InChI=1S/C18H20FNO2S/c1-13(12-21)11-20-18(22)17(14-5-3-2-4-6-14)23-16-9-7-15(19)8-10-16/h2-10,13,17,21H,11-12H2,1H3,(H,20,22). The van der Waals surface area contributed by atoms with E-state index in [0.717, 1.165) is 10.5 Å². The zero-order valence-electron chi connectivity index (χ0n) is 12.9. The highest BCUT2D eigenvalue weighted by molar-refractivity contribution is 8.00. The van der Waals surface area contributed by atoms with Crippen LogP contribution in [0.1, 0.15) is 17.7 Å². The summed E-state index contributed by atoms with van der Waals surface area (Å²) in [4.78, 5) is 13.4. The van der Waals surface area contributed by atoms with Crippen LogP contribution in [0.25, 0.3) is 0 Å². The number of halogens is 1. The Labute approximate surface area is 139 Å². The van der Waals surface area contributed by atoms with E-state index in [2.05, 4.69) is 5.32 Å². The van der Waals surface area contributed by atoms with Crippen LogP contribution in [-0.4, -0.2) is 24.2 Å². The monoisotopic (exact) mass is 333 g/mol. The first-order valence-corrected chi connectivity index (χ1v) is 8.34. The van der Waals surface area contributed by atoms with Crippen LogP contribution in [0, 0.1) is 11.7 Å². The van der Waals surface area contributed by atoms with Crippen molar-refractivity contribution in [2.45, 2.75) is 17.1 Å². The Hall–Kier alpha value is -1.85. The molecule has 0 radical (unpaired) electrons. The first kappa shape index (κ1) is 17.5. The van der Waals surface area contributed by atoms with E-state index in [9.17, 15) is 9.18 Å². The smallest absolute Gasteiger partial charge is 0.238 e. The van der Waals surface area contributed by atoms with E-state index in [1.165, 1.54) is 23.9 Å². The van der Waals surface area contributed by atoms with Crippen molar-refractivity contribution >= 4 is 17.7 Å². The second kappa shape index (κ2) is 8.70. The molecule has 23 heavy (non-hydrogen) atoms. The number of aliphatic hydroxyl groups excluding tert-OH is 1. The van der Waals surface area contributed by atoms with Gasteiger partial charge in [-0.1, -0.05) is 37.3 Å². The van der Waals surface area contributed by atoms with E-state index in [1.54, 1.807) is 12.1 Å². The Kier molecular flexibility index (Phi) is 6.62. The number of aliphatic hydroxyl groups is 1. The molecule has 0 fully saturated rings. The van der Waals surface area contributed by atoms with Gasteiger partial charge in [0, 0.05) is 18.0 Å². The Morgan fingerprint density at radius 1 is 1.17 bits per heavy atom. The second-order valence-electron chi connectivity index (χ2n) is 5.40. The number of benzene rings is 2. The first-order valence-electron chi connectivity index (χ1n) is 7.46. The highest BCUT2D eigenvalue weighted by Crippen LogP contribution is 2.35. The van der Waals surface area contributed by atoms with Crippen LogP contribution in [0.15, 0.2) is 59.5 Å². The van der Waals surface area contributed by atoms with Crippen molar-refractivity contribution in [3.8, 4) is 0 Å². The van der Waals surface area contributed by atoms with Crippen molar-refractivity contribution in [1.29, 1.82) is 0 Å². The molecule has 2 N–H and O–H groups in total. The van der Waals surface area contributed by atoms with Crippen LogP contribution in [0.2, 0.25) is 0 Å². The van der Waals surface area contributed by atoms with Crippen molar-refractivity contribution < 1.29 is 14.3 Å². The summed E-state index contributed by atoms with van der Waals surface area (Å²) < 4.78 is 13.0. The number of amides is 1. The molecule has 0 spiro atoms. The summed E-state index contributed by atoms with van der Waals surface area (Å²) in [6, 6.07) is 15.6. The number of carbonyl (C=O) groups excluding carboxylic acids is 1. The minimum absolute atomic E-state index is 0.00574. The number of nitrogens with one attached hydrogen (secondary N) is 1. The average molecular weight is 333 g/mol. The highest BCUT2D eigenvalue weighted by atomic mass is 32.2. The van der Waals surface area contributed by atoms with Crippen molar-refractivity contribution in [1.82, 2.24) is 5.32 Å². The molecular weight excluding hydrogens is 313 g/mol. The second-order valence-corrected chi connectivity index (χ2v) is 6.57. The maximum atomic E-state index is 13.0. The van der Waals surface area contributed by atoms with Crippen LogP contribution in [-0.2, 0) is 4.79 Å². The number of hydrogen-bond acceptors (Lipinski definition) is 3. The van der Waals surface area contributed by atoms with Gasteiger partial charge in [-0.15, -0.1) is 11.8 Å². The van der Waals surface area contributed by atoms with Gasteiger partial charge in [-0.2, -0.15) is 0 Å². The summed E-state index contributed by atoms with van der Waals surface area (Å²) in [7, 11) is 0. The van der Waals surface area contributed by atoms with Crippen LogP contribution >= 0.6 is 11.8 Å². The van der Waals surface area contributed by atoms with Gasteiger partial charge in [0.1, 0.15) is 11.1 Å². The fraction of sp³-hybridized carbons (Fsp3) is 0.278. The Morgan fingerprint density at radius 3 is 2.43 bits per heavy atom. The van der Waals surface area contributed by atoms with E-state index in [1.807, 2.05) is 37.3 Å². The lowest BCUT2D eigenvalue weighted by molar-refractivity contribution is -0.120. The van der Waals surface area contributed by atoms with Crippen molar-refractivity contribution in [2.24, 2.45) is 5.92 Å². The quantitative estimate of drug-likeness (QED) is 0.764. The van der Waals surface area contributed by atoms with Gasteiger partial charge in [0.2, 0.25) is 5.91 Å². The van der Waals surface area contributed by atoms with Crippen LogP contribution < -0.4 is 5.32 Å². The molecule has 0 aliphatic heterocycles. The third-order valence-corrected chi connectivity index (χ3v) is 4.61. The topological polar surface area (TPSA) is 49.3 Å². The molecule has 0 saturated carbocycles. The van der Waals surface area contributed by atoms with E-state index in [4.69, 9.17) is 5.11 Å². The lowest BCUT2D eigenvalue weighted by atomic mass is 10.1. The van der Waals surface area contributed by atoms with Gasteiger partial charge in [-0.05, 0) is 35.7 Å². The summed E-state index contributed by atoms with van der Waals surface area (Å²) in [5.74, 6) is -0.413. The van der Waals surface area contributed by atoms with E-state index >= 15 is 0 Å². The van der Waals surface area contributed by atoms with Crippen molar-refractivity contribution in [3.63, 3.8) is 0 Å². The van der Waals surface area contributed by atoms with Gasteiger partial charge in [-0.3, -0.25) is 4.79 Å². The molecule has 2 atom stereocenters. The lowest BCUT2D eigenvalue weighted by Crippen LogP contribution is -2.32. The molecule has 0 aliphatic rings. The van der Waals surface area contributed by atoms with E-state index in [-0.39, 0.29) is 24.2 Å². The van der Waals surface area contributed by atoms with Crippen LogP contribution in [0.3, 0.4) is 0 Å². The highest BCUT2D eigenvalue weighted by Gasteiger charge is 2.22. The van der Waals surface area contributed by atoms with Gasteiger partial charge in [-0.25, -0.2) is 4.39 Å². The largest absolute Gasteiger partial charge is 0.396 e. The van der Waals surface area contributed by atoms with Gasteiger partial charge < -0.3 is 10.4 Å². The fourth-order valence-corrected chi connectivity index (χ4v) is 3.03. The molecule has 122 valence electrons. The normalized spacial score (nSPS) is 13.3. The molecule has 0 heterocycles. The number of carbonyl (C=O) groups is 1. The van der Waals surface area contributed by atoms with Gasteiger partial charge in [0.15, 0.2) is 0 Å². The SMILES string of the molecule is CC(CO)CNC(=O)C(Sc1ccc(F)cc1)c1ccccc1. The van der Waals surface area contributed by atoms with Gasteiger partial charge in [0.25, 0.3) is 0 Å². The zero-order valence-corrected chi connectivity index (χ0v) is 13.7. The molecule has 2 aromatic rings. The summed E-state index contributed by atoms with van der Waals surface area (Å²) in [5, 5.41) is 11.5. The molecule has 0 saturated heterocycles. The lowest BCUT2D eigenvalue weighted by Gasteiger charge is -2.18. The molecule has 2 aromatic carbocycles. The predicted octanol–water partition coefficient (Wildman–Crippen LogP) is 3.40. The van der Waals surface area contributed by atoms with Gasteiger partial charge >= 0.3 is 0 Å². The maximum Gasteiger partial charge on any atom is 0.238 e. The third-order valence-electron chi connectivity index (χ3n) is 3.34. The molecular formula is C18H20FNO2S. The molecule has 0 aliphatic carbocycles. The predicted molar refractivity (Wildman–Crippen MR) is 90.7 cm³/mol. The summed E-state index contributed by atoms with van der Waals surface area (Å²) >= 11 is 1.38. The van der Waals surface area contributed by atoms with E-state index < -0.39 is 5.25 Å². The Bertz CT molecular complexity index is 619. The van der Waals surface area contributed by atoms with Crippen LogP contribution in [0.5, 0.6) is 0 Å².